The van der Waals surface area contributed by atoms with Gasteiger partial charge < -0.3 is 10.6 Å². The number of amides is 1. The zero-order chi connectivity index (χ0) is 12.4. The van der Waals surface area contributed by atoms with Crippen LogP contribution in [0.1, 0.15) is 36.9 Å². The van der Waals surface area contributed by atoms with Crippen LogP contribution in [-0.4, -0.2) is 23.4 Å². The first kappa shape index (κ1) is 12.1. The number of carbonyl (C=O) groups excluding carboxylic acids is 1. The molecule has 0 bridgehead atoms. The smallest absolute Gasteiger partial charge is 0.239 e. The molecular weight excluding hydrogens is 212 g/mol. The second kappa shape index (κ2) is 4.88. The highest BCUT2D eigenvalue weighted by Gasteiger charge is 2.31. The van der Waals surface area contributed by atoms with Gasteiger partial charge in [-0.15, -0.1) is 0 Å². The topological polar surface area (TPSA) is 46.3 Å². The van der Waals surface area contributed by atoms with Crippen LogP contribution < -0.4 is 5.73 Å². The molecule has 2 N–H and O–H groups in total. The molecule has 3 nitrogen and oxygen atoms in total. The highest BCUT2D eigenvalue weighted by atomic mass is 16.2. The lowest BCUT2D eigenvalue weighted by Gasteiger charge is -2.26. The molecule has 1 aromatic carbocycles. The monoisotopic (exact) mass is 232 g/mol. The van der Waals surface area contributed by atoms with Crippen molar-refractivity contribution < 1.29 is 4.79 Å². The third-order valence-electron chi connectivity index (χ3n) is 3.35. The second-order valence-electron chi connectivity index (χ2n) is 4.89. The maximum atomic E-state index is 12.0. The van der Waals surface area contributed by atoms with Gasteiger partial charge in [-0.05, 0) is 32.3 Å². The van der Waals surface area contributed by atoms with E-state index in [4.69, 9.17) is 5.73 Å². The fourth-order valence-electron chi connectivity index (χ4n) is 2.52. The summed E-state index contributed by atoms with van der Waals surface area (Å²) in [7, 11) is 0. The molecule has 2 rings (SSSR count). The van der Waals surface area contributed by atoms with Gasteiger partial charge in [-0.25, -0.2) is 0 Å². The van der Waals surface area contributed by atoms with Crippen molar-refractivity contribution >= 4 is 5.91 Å². The maximum Gasteiger partial charge on any atom is 0.239 e. The number of rotatable bonds is 2. The average Bonchev–Trinajstić information content (AvgIpc) is 2.76. The van der Waals surface area contributed by atoms with Gasteiger partial charge in [0.05, 0.1) is 12.1 Å². The van der Waals surface area contributed by atoms with Crippen molar-refractivity contribution in [1.29, 1.82) is 0 Å². The molecule has 0 spiro atoms. The molecule has 1 fully saturated rings. The van der Waals surface area contributed by atoms with Crippen LogP contribution in [0.15, 0.2) is 24.3 Å². The van der Waals surface area contributed by atoms with E-state index in [1.165, 1.54) is 11.1 Å². The summed E-state index contributed by atoms with van der Waals surface area (Å²) >= 11 is 0. The van der Waals surface area contributed by atoms with Crippen LogP contribution in [0.3, 0.4) is 0 Å². The lowest BCUT2D eigenvalue weighted by Crippen LogP contribution is -2.41. The zero-order valence-electron chi connectivity index (χ0n) is 10.5. The number of hydrogen-bond donors (Lipinski definition) is 1. The Morgan fingerprint density at radius 2 is 2.29 bits per heavy atom. The van der Waals surface area contributed by atoms with Gasteiger partial charge in [0.2, 0.25) is 5.91 Å². The SMILES string of the molecule is Cc1cccc(C2CCCN2C(=O)[C@@H](C)N)c1. The van der Waals surface area contributed by atoms with E-state index < -0.39 is 6.04 Å². The summed E-state index contributed by atoms with van der Waals surface area (Å²) in [5.74, 6) is 0.0639. The highest BCUT2D eigenvalue weighted by molar-refractivity contribution is 5.81. The Bertz CT molecular complexity index is 414. The van der Waals surface area contributed by atoms with Gasteiger partial charge in [0.25, 0.3) is 0 Å². The Kier molecular flexibility index (Phi) is 3.48. The van der Waals surface area contributed by atoms with Crippen molar-refractivity contribution in [3.8, 4) is 0 Å². The summed E-state index contributed by atoms with van der Waals surface area (Å²) in [6.07, 6.45) is 2.11. The summed E-state index contributed by atoms with van der Waals surface area (Å²) < 4.78 is 0. The van der Waals surface area contributed by atoms with E-state index in [0.717, 1.165) is 19.4 Å². The summed E-state index contributed by atoms with van der Waals surface area (Å²) in [5.41, 5.74) is 8.17. The summed E-state index contributed by atoms with van der Waals surface area (Å²) in [6.45, 7) is 4.67. The van der Waals surface area contributed by atoms with Gasteiger partial charge in [0.15, 0.2) is 0 Å². The van der Waals surface area contributed by atoms with E-state index in [9.17, 15) is 4.79 Å². The van der Waals surface area contributed by atoms with Gasteiger partial charge in [0.1, 0.15) is 0 Å². The van der Waals surface area contributed by atoms with Crippen molar-refractivity contribution in [3.05, 3.63) is 35.4 Å². The van der Waals surface area contributed by atoms with Crippen molar-refractivity contribution in [2.24, 2.45) is 5.73 Å². The lowest BCUT2D eigenvalue weighted by atomic mass is 10.0. The molecule has 1 amide bonds. The molecule has 0 radical (unpaired) electrons. The average molecular weight is 232 g/mol. The van der Waals surface area contributed by atoms with Crippen LogP contribution in [0.4, 0.5) is 0 Å². The number of aryl methyl sites for hydroxylation is 1. The fraction of sp³-hybridized carbons (Fsp3) is 0.500. The fourth-order valence-corrected chi connectivity index (χ4v) is 2.52. The van der Waals surface area contributed by atoms with Crippen molar-refractivity contribution in [2.75, 3.05) is 6.54 Å². The molecule has 3 heteroatoms. The van der Waals surface area contributed by atoms with E-state index >= 15 is 0 Å². The van der Waals surface area contributed by atoms with E-state index in [0.29, 0.717) is 0 Å². The van der Waals surface area contributed by atoms with Crippen molar-refractivity contribution in [1.82, 2.24) is 4.90 Å². The molecule has 92 valence electrons. The molecule has 0 aromatic heterocycles. The van der Waals surface area contributed by atoms with Crippen molar-refractivity contribution in [2.45, 2.75) is 38.8 Å². The maximum absolute atomic E-state index is 12.0. The van der Waals surface area contributed by atoms with Crippen LogP contribution in [0.25, 0.3) is 0 Å². The van der Waals surface area contributed by atoms with Crippen LogP contribution in [0.5, 0.6) is 0 Å². The minimum atomic E-state index is -0.402. The largest absolute Gasteiger partial charge is 0.334 e. The quantitative estimate of drug-likeness (QED) is 0.847. The van der Waals surface area contributed by atoms with E-state index in [-0.39, 0.29) is 11.9 Å². The molecule has 1 saturated heterocycles. The molecular formula is C14H20N2O. The molecule has 1 aromatic rings. The first-order valence-corrected chi connectivity index (χ1v) is 6.22. The van der Waals surface area contributed by atoms with Gasteiger partial charge in [0, 0.05) is 6.54 Å². The Hall–Kier alpha value is -1.35. The first-order valence-electron chi connectivity index (χ1n) is 6.22. The molecule has 1 aliphatic rings. The predicted molar refractivity (Wildman–Crippen MR) is 68.5 cm³/mol. The molecule has 0 aliphatic carbocycles. The summed E-state index contributed by atoms with van der Waals surface area (Å²) in [5, 5.41) is 0. The number of carbonyl (C=O) groups is 1. The van der Waals surface area contributed by atoms with Gasteiger partial charge in [-0.2, -0.15) is 0 Å². The summed E-state index contributed by atoms with van der Waals surface area (Å²) in [6, 6.07) is 8.21. The van der Waals surface area contributed by atoms with Gasteiger partial charge >= 0.3 is 0 Å². The van der Waals surface area contributed by atoms with Crippen molar-refractivity contribution in [3.63, 3.8) is 0 Å². The molecule has 1 aliphatic heterocycles. The van der Waals surface area contributed by atoms with Crippen LogP contribution in [0.2, 0.25) is 0 Å². The third-order valence-corrected chi connectivity index (χ3v) is 3.35. The molecule has 2 atom stereocenters. The van der Waals surface area contributed by atoms with E-state index in [2.05, 4.69) is 31.2 Å². The first-order chi connectivity index (χ1) is 8.09. The Labute approximate surface area is 103 Å². The Morgan fingerprint density at radius 1 is 1.53 bits per heavy atom. The number of likely N-dealkylation sites (tertiary alicyclic amines) is 1. The minimum absolute atomic E-state index is 0.0639. The van der Waals surface area contributed by atoms with Gasteiger partial charge in [-0.3, -0.25) is 4.79 Å². The lowest BCUT2D eigenvalue weighted by molar-refractivity contribution is -0.133. The standard InChI is InChI=1S/C14H20N2O/c1-10-5-3-6-12(9-10)13-7-4-8-16(13)14(17)11(2)15/h3,5-6,9,11,13H,4,7-8,15H2,1-2H3/t11-,13?/m1/s1. The van der Waals surface area contributed by atoms with Crippen LogP contribution in [0, 0.1) is 6.92 Å². The number of benzene rings is 1. The molecule has 0 saturated carbocycles. The Balaban J connectivity index is 2.23. The predicted octanol–water partition coefficient (Wildman–Crippen LogP) is 2.01. The van der Waals surface area contributed by atoms with Crippen LogP contribution in [-0.2, 0) is 4.79 Å². The second-order valence-corrected chi connectivity index (χ2v) is 4.89. The number of hydrogen-bond acceptors (Lipinski definition) is 2. The summed E-state index contributed by atoms with van der Waals surface area (Å²) in [4.78, 5) is 13.9. The number of nitrogens with two attached hydrogens (primary N) is 1. The number of nitrogens with zero attached hydrogens (tertiary/aromatic N) is 1. The highest BCUT2D eigenvalue weighted by Crippen LogP contribution is 2.32. The molecule has 1 heterocycles. The minimum Gasteiger partial charge on any atom is -0.334 e. The normalized spacial score (nSPS) is 21.6. The Morgan fingerprint density at radius 3 is 2.94 bits per heavy atom. The zero-order valence-corrected chi connectivity index (χ0v) is 10.5. The van der Waals surface area contributed by atoms with Gasteiger partial charge in [-0.1, -0.05) is 29.8 Å². The van der Waals surface area contributed by atoms with Crippen LogP contribution >= 0.6 is 0 Å². The van der Waals surface area contributed by atoms with E-state index in [1.54, 1.807) is 6.92 Å². The third kappa shape index (κ3) is 2.50. The molecule has 1 unspecified atom stereocenters. The van der Waals surface area contributed by atoms with E-state index in [1.807, 2.05) is 4.90 Å². The molecule has 17 heavy (non-hydrogen) atoms.